The Hall–Kier alpha value is -1.33. The number of halogens is 4. The van der Waals surface area contributed by atoms with Gasteiger partial charge in [0.05, 0.1) is 11.4 Å². The summed E-state index contributed by atoms with van der Waals surface area (Å²) in [4.78, 5) is 13.1. The SMILES string of the molecule is NS(=O)(=O)CC1CC(=O)N(c2ccc(Br)cc2OC(F)(F)F)C1. The zero-order valence-corrected chi connectivity index (χ0v) is 13.9. The Morgan fingerprint density at radius 1 is 1.39 bits per heavy atom. The molecule has 11 heteroatoms. The van der Waals surface area contributed by atoms with Crippen molar-refractivity contribution in [3.63, 3.8) is 0 Å². The van der Waals surface area contributed by atoms with Gasteiger partial charge in [-0.05, 0) is 18.2 Å². The molecule has 1 saturated heterocycles. The fourth-order valence-corrected chi connectivity index (χ4v) is 3.59. The highest BCUT2D eigenvalue weighted by Gasteiger charge is 2.37. The number of hydrogen-bond donors (Lipinski definition) is 1. The van der Waals surface area contributed by atoms with Crippen LogP contribution in [0.3, 0.4) is 0 Å². The highest BCUT2D eigenvalue weighted by Crippen LogP contribution is 2.38. The van der Waals surface area contributed by atoms with Crippen LogP contribution in [-0.2, 0) is 14.8 Å². The molecule has 0 spiro atoms. The third-order valence-electron chi connectivity index (χ3n) is 3.11. The number of anilines is 1. The summed E-state index contributed by atoms with van der Waals surface area (Å²) in [6.07, 6.45) is -5.03. The Balaban J connectivity index is 2.29. The van der Waals surface area contributed by atoms with E-state index in [2.05, 4.69) is 20.7 Å². The van der Waals surface area contributed by atoms with Crippen molar-refractivity contribution in [2.75, 3.05) is 17.2 Å². The lowest BCUT2D eigenvalue weighted by atomic mass is 10.1. The number of amides is 1. The second kappa shape index (κ2) is 6.29. The van der Waals surface area contributed by atoms with Gasteiger partial charge < -0.3 is 9.64 Å². The molecule has 6 nitrogen and oxygen atoms in total. The molecule has 1 amide bonds. The molecule has 0 aromatic heterocycles. The average Bonchev–Trinajstić information content (AvgIpc) is 2.65. The van der Waals surface area contributed by atoms with E-state index in [1.165, 1.54) is 12.1 Å². The van der Waals surface area contributed by atoms with Crippen LogP contribution in [0.5, 0.6) is 5.75 Å². The number of alkyl halides is 3. The number of carbonyl (C=O) groups is 1. The first-order chi connectivity index (χ1) is 10.4. The lowest BCUT2D eigenvalue weighted by Gasteiger charge is -2.21. The van der Waals surface area contributed by atoms with E-state index in [1.807, 2.05) is 0 Å². The summed E-state index contributed by atoms with van der Waals surface area (Å²) >= 11 is 3.03. The summed E-state index contributed by atoms with van der Waals surface area (Å²) in [6.45, 7) is -0.0505. The van der Waals surface area contributed by atoms with Gasteiger partial charge in [-0.3, -0.25) is 4.79 Å². The summed E-state index contributed by atoms with van der Waals surface area (Å²) in [7, 11) is -3.78. The van der Waals surface area contributed by atoms with Gasteiger partial charge in [0.2, 0.25) is 15.9 Å². The molecule has 1 unspecified atom stereocenters. The molecule has 1 aliphatic rings. The number of benzene rings is 1. The van der Waals surface area contributed by atoms with Crippen molar-refractivity contribution < 1.29 is 31.1 Å². The van der Waals surface area contributed by atoms with E-state index in [4.69, 9.17) is 5.14 Å². The summed E-state index contributed by atoms with van der Waals surface area (Å²) in [5, 5.41) is 4.94. The van der Waals surface area contributed by atoms with Crippen LogP contribution < -0.4 is 14.8 Å². The molecule has 2 N–H and O–H groups in total. The molecule has 1 aliphatic heterocycles. The number of primary sulfonamides is 1. The second-order valence-electron chi connectivity index (χ2n) is 5.06. The van der Waals surface area contributed by atoms with Gasteiger partial charge in [0.25, 0.3) is 0 Å². The average molecular weight is 417 g/mol. The smallest absolute Gasteiger partial charge is 0.404 e. The standard InChI is InChI=1S/C12H12BrF3N2O4S/c13-8-1-2-9(10(4-8)22-12(14,15)16)18-5-7(3-11(18)19)6-23(17,20)21/h1-2,4,7H,3,5-6H2,(H2,17,20,21). The third kappa shape index (κ3) is 5.08. The van der Waals surface area contributed by atoms with Crippen molar-refractivity contribution in [3.8, 4) is 5.75 Å². The number of nitrogens with zero attached hydrogens (tertiary/aromatic N) is 1. The van der Waals surface area contributed by atoms with E-state index in [0.717, 1.165) is 11.0 Å². The predicted molar refractivity (Wildman–Crippen MR) is 79.3 cm³/mol. The van der Waals surface area contributed by atoms with Crippen LogP contribution in [0.25, 0.3) is 0 Å². The van der Waals surface area contributed by atoms with Gasteiger partial charge in [-0.25, -0.2) is 13.6 Å². The maximum atomic E-state index is 12.5. The minimum atomic E-state index is -4.92. The second-order valence-corrected chi connectivity index (χ2v) is 7.64. The minimum Gasteiger partial charge on any atom is -0.404 e. The van der Waals surface area contributed by atoms with Crippen molar-refractivity contribution in [1.82, 2.24) is 0 Å². The third-order valence-corrected chi connectivity index (χ3v) is 4.54. The van der Waals surface area contributed by atoms with Crippen molar-refractivity contribution in [2.45, 2.75) is 12.8 Å². The molecule has 1 aromatic carbocycles. The Labute approximate surface area is 138 Å². The molecule has 1 atom stereocenters. The zero-order chi connectivity index (χ0) is 17.4. The fourth-order valence-electron chi connectivity index (χ4n) is 2.37. The van der Waals surface area contributed by atoms with Crippen molar-refractivity contribution >= 4 is 37.5 Å². The highest BCUT2D eigenvalue weighted by molar-refractivity contribution is 9.10. The van der Waals surface area contributed by atoms with E-state index < -0.39 is 39.7 Å². The van der Waals surface area contributed by atoms with Crippen LogP contribution in [0.2, 0.25) is 0 Å². The van der Waals surface area contributed by atoms with E-state index in [0.29, 0.717) is 4.47 Å². The first-order valence-electron chi connectivity index (χ1n) is 6.31. The zero-order valence-electron chi connectivity index (χ0n) is 11.5. The predicted octanol–water partition coefficient (Wildman–Crippen LogP) is 1.99. The molecule has 1 fully saturated rings. The molecular formula is C12H12BrF3N2O4S. The van der Waals surface area contributed by atoms with Gasteiger partial charge in [0.15, 0.2) is 5.75 Å². The van der Waals surface area contributed by atoms with E-state index in [1.54, 1.807) is 0 Å². The Morgan fingerprint density at radius 3 is 2.61 bits per heavy atom. The van der Waals surface area contributed by atoms with Crippen molar-refractivity contribution in [2.24, 2.45) is 11.1 Å². The van der Waals surface area contributed by atoms with Gasteiger partial charge in [-0.2, -0.15) is 0 Å². The van der Waals surface area contributed by atoms with Crippen LogP contribution in [0, 0.1) is 5.92 Å². The minimum absolute atomic E-state index is 0.0505. The molecule has 1 heterocycles. The highest BCUT2D eigenvalue weighted by atomic mass is 79.9. The van der Waals surface area contributed by atoms with E-state index in [-0.39, 0.29) is 18.7 Å². The molecule has 0 aliphatic carbocycles. The first-order valence-corrected chi connectivity index (χ1v) is 8.81. The summed E-state index contributed by atoms with van der Waals surface area (Å²) in [5.74, 6) is -2.04. The normalized spacial score (nSPS) is 19.3. The number of hydrogen-bond acceptors (Lipinski definition) is 4. The van der Waals surface area contributed by atoms with E-state index >= 15 is 0 Å². The molecule has 2 rings (SSSR count). The fraction of sp³-hybridized carbons (Fsp3) is 0.417. The molecular weight excluding hydrogens is 405 g/mol. The van der Waals surface area contributed by atoms with Crippen LogP contribution in [0.15, 0.2) is 22.7 Å². The molecule has 0 bridgehead atoms. The maximum absolute atomic E-state index is 12.5. The van der Waals surface area contributed by atoms with Crippen LogP contribution in [0.4, 0.5) is 18.9 Å². The van der Waals surface area contributed by atoms with Gasteiger partial charge >= 0.3 is 6.36 Å². The lowest BCUT2D eigenvalue weighted by Crippen LogP contribution is -2.28. The van der Waals surface area contributed by atoms with Gasteiger partial charge in [0, 0.05) is 23.4 Å². The van der Waals surface area contributed by atoms with Crippen LogP contribution >= 0.6 is 15.9 Å². The van der Waals surface area contributed by atoms with Crippen LogP contribution in [0.1, 0.15) is 6.42 Å². The Morgan fingerprint density at radius 2 is 2.04 bits per heavy atom. The number of carbonyl (C=O) groups excluding carboxylic acids is 1. The Kier molecular flexibility index (Phi) is 4.92. The van der Waals surface area contributed by atoms with E-state index in [9.17, 15) is 26.4 Å². The topological polar surface area (TPSA) is 89.7 Å². The summed E-state index contributed by atoms with van der Waals surface area (Å²) in [6, 6.07) is 3.84. The number of ether oxygens (including phenoxy) is 1. The maximum Gasteiger partial charge on any atom is 0.573 e. The first kappa shape index (κ1) is 18.0. The monoisotopic (exact) mass is 416 g/mol. The molecule has 23 heavy (non-hydrogen) atoms. The number of nitrogens with two attached hydrogens (primary N) is 1. The Bertz CT molecular complexity index is 724. The summed E-state index contributed by atoms with van der Waals surface area (Å²) < 4.78 is 64.0. The van der Waals surface area contributed by atoms with Crippen molar-refractivity contribution in [1.29, 1.82) is 0 Å². The molecule has 128 valence electrons. The van der Waals surface area contributed by atoms with Gasteiger partial charge in [-0.1, -0.05) is 15.9 Å². The summed E-state index contributed by atoms with van der Waals surface area (Å²) in [5.41, 5.74) is -0.0764. The molecule has 0 radical (unpaired) electrons. The quantitative estimate of drug-likeness (QED) is 0.812. The molecule has 1 aromatic rings. The van der Waals surface area contributed by atoms with Gasteiger partial charge in [-0.15, -0.1) is 13.2 Å². The number of sulfonamides is 1. The van der Waals surface area contributed by atoms with Crippen molar-refractivity contribution in [3.05, 3.63) is 22.7 Å². The van der Waals surface area contributed by atoms with Crippen LogP contribution in [-0.4, -0.2) is 33.0 Å². The number of rotatable bonds is 4. The lowest BCUT2D eigenvalue weighted by molar-refractivity contribution is -0.274. The molecule has 0 saturated carbocycles. The van der Waals surface area contributed by atoms with Gasteiger partial charge in [0.1, 0.15) is 0 Å². The largest absolute Gasteiger partial charge is 0.573 e.